The number of nitrogens with one attached hydrogen (secondary N) is 3. The van der Waals surface area contributed by atoms with E-state index in [1.54, 1.807) is 0 Å². The number of fused-ring (bicyclic) bond motifs is 1. The fourth-order valence-corrected chi connectivity index (χ4v) is 2.07. The Hall–Kier alpha value is -2.36. The summed E-state index contributed by atoms with van der Waals surface area (Å²) in [5, 5.41) is 11.2. The van der Waals surface area contributed by atoms with Crippen LogP contribution in [0.15, 0.2) is 16.3 Å². The molecule has 9 nitrogen and oxygen atoms in total. The van der Waals surface area contributed by atoms with Gasteiger partial charge in [0, 0.05) is 6.54 Å². The molecule has 0 aliphatic heterocycles. The number of hydrogen-bond acceptors (Lipinski definition) is 6. The van der Waals surface area contributed by atoms with Crippen LogP contribution in [0.4, 0.5) is 0 Å². The molecular formula is C10H11N5O4S. The number of thioether (sulfide) groups is 1. The molecule has 0 atom stereocenters. The molecule has 2 aromatic heterocycles. The number of carboxylic acids is 1. The number of nitrogens with zero attached hydrogens (tertiary/aromatic N) is 2. The molecule has 0 spiro atoms. The summed E-state index contributed by atoms with van der Waals surface area (Å²) in [6.07, 6.45) is 1.23. The molecule has 4 N–H and O–H groups in total. The number of amides is 1. The molecule has 2 heterocycles. The number of aromatic nitrogens is 4. The maximum absolute atomic E-state index is 11.6. The molecule has 0 bridgehead atoms. The van der Waals surface area contributed by atoms with Crippen LogP contribution in [0, 0.1) is 0 Å². The van der Waals surface area contributed by atoms with Crippen LogP contribution in [0.3, 0.4) is 0 Å². The van der Waals surface area contributed by atoms with Crippen LogP contribution in [0.2, 0.25) is 0 Å². The normalized spacial score (nSPS) is 10.6. The Kier molecular flexibility index (Phi) is 4.35. The lowest BCUT2D eigenvalue weighted by Gasteiger charge is -2.02. The van der Waals surface area contributed by atoms with Gasteiger partial charge in [0.1, 0.15) is 0 Å². The number of hydrogen-bond donors (Lipinski definition) is 4. The van der Waals surface area contributed by atoms with E-state index in [0.717, 1.165) is 11.8 Å². The van der Waals surface area contributed by atoms with Gasteiger partial charge >= 0.3 is 5.97 Å². The predicted molar refractivity (Wildman–Crippen MR) is 70.5 cm³/mol. The molecule has 0 aliphatic carbocycles. The minimum absolute atomic E-state index is 0.0263. The van der Waals surface area contributed by atoms with Crippen LogP contribution in [0.25, 0.3) is 11.2 Å². The highest BCUT2D eigenvalue weighted by Crippen LogP contribution is 2.12. The van der Waals surface area contributed by atoms with E-state index < -0.39 is 5.97 Å². The van der Waals surface area contributed by atoms with Crippen molar-refractivity contribution in [2.75, 3.05) is 12.3 Å². The van der Waals surface area contributed by atoms with E-state index in [1.807, 2.05) is 0 Å². The lowest BCUT2D eigenvalue weighted by Crippen LogP contribution is -2.27. The zero-order valence-electron chi connectivity index (χ0n) is 10.2. The fraction of sp³-hybridized carbons (Fsp3) is 0.300. The molecule has 0 aliphatic rings. The van der Waals surface area contributed by atoms with Crippen molar-refractivity contribution in [2.45, 2.75) is 11.6 Å². The quantitative estimate of drug-likeness (QED) is 0.409. The summed E-state index contributed by atoms with van der Waals surface area (Å²) in [5.74, 6) is -1.28. The first-order valence-corrected chi connectivity index (χ1v) is 6.59. The smallest absolute Gasteiger partial charge is 0.305 e. The zero-order chi connectivity index (χ0) is 14.5. The molecule has 0 radical (unpaired) electrons. The molecule has 1 amide bonds. The maximum atomic E-state index is 11.6. The van der Waals surface area contributed by atoms with Gasteiger partial charge in [-0.25, -0.2) is 9.97 Å². The van der Waals surface area contributed by atoms with Crippen LogP contribution >= 0.6 is 11.8 Å². The standard InChI is InChI=1S/C10H11N5O4S/c16-5(11-2-1-6(17)18)3-20-10-14-8-7(9(19)15-10)12-4-13-8/h4H,1-3H2,(H,11,16)(H,17,18)(H2,12,13,14,15,19). The minimum Gasteiger partial charge on any atom is -0.481 e. The number of aromatic amines is 2. The molecule has 2 rings (SSSR count). The van der Waals surface area contributed by atoms with Crippen molar-refractivity contribution in [3.05, 3.63) is 16.7 Å². The van der Waals surface area contributed by atoms with Gasteiger partial charge in [0.2, 0.25) is 5.91 Å². The number of carbonyl (C=O) groups excluding carboxylic acids is 1. The SMILES string of the molecule is O=C(O)CCNC(=O)CSc1nc2nc[nH]c2c(=O)[nH]1. The first-order valence-electron chi connectivity index (χ1n) is 5.61. The third kappa shape index (κ3) is 3.57. The van der Waals surface area contributed by atoms with Gasteiger partial charge in [0.15, 0.2) is 16.3 Å². The highest BCUT2D eigenvalue weighted by molar-refractivity contribution is 7.99. The van der Waals surface area contributed by atoms with Gasteiger partial charge < -0.3 is 15.4 Å². The summed E-state index contributed by atoms with van der Waals surface area (Å²) < 4.78 is 0. The minimum atomic E-state index is -0.979. The second kappa shape index (κ2) is 6.19. The van der Waals surface area contributed by atoms with Crippen LogP contribution < -0.4 is 10.9 Å². The second-order valence-electron chi connectivity index (χ2n) is 3.75. The summed E-state index contributed by atoms with van der Waals surface area (Å²) in [5.41, 5.74) is 0.198. The molecule has 2 aromatic rings. The Morgan fingerprint density at radius 3 is 3.00 bits per heavy atom. The van der Waals surface area contributed by atoms with Crippen molar-refractivity contribution in [2.24, 2.45) is 0 Å². The second-order valence-corrected chi connectivity index (χ2v) is 4.72. The Balaban J connectivity index is 1.90. The Labute approximate surface area is 116 Å². The summed E-state index contributed by atoms with van der Waals surface area (Å²) in [4.78, 5) is 46.4. The number of imidazole rings is 1. The molecule has 106 valence electrons. The number of aliphatic carboxylic acids is 1. The first kappa shape index (κ1) is 14.1. The van der Waals surface area contributed by atoms with E-state index in [9.17, 15) is 14.4 Å². The summed E-state index contributed by atoms with van der Waals surface area (Å²) in [6, 6.07) is 0. The molecular weight excluding hydrogens is 286 g/mol. The van der Waals surface area contributed by atoms with Crippen molar-refractivity contribution < 1.29 is 14.7 Å². The van der Waals surface area contributed by atoms with Crippen molar-refractivity contribution in [3.63, 3.8) is 0 Å². The van der Waals surface area contributed by atoms with E-state index >= 15 is 0 Å². The number of H-pyrrole nitrogens is 2. The molecule has 0 saturated heterocycles. The van der Waals surface area contributed by atoms with E-state index in [4.69, 9.17) is 5.11 Å². The molecule has 0 unspecified atom stereocenters. The third-order valence-electron chi connectivity index (χ3n) is 2.28. The van der Waals surface area contributed by atoms with Gasteiger partial charge in [-0.1, -0.05) is 11.8 Å². The van der Waals surface area contributed by atoms with E-state index in [-0.39, 0.29) is 46.5 Å². The molecule has 0 fully saturated rings. The number of rotatable bonds is 6. The Morgan fingerprint density at radius 2 is 2.25 bits per heavy atom. The van der Waals surface area contributed by atoms with Crippen molar-refractivity contribution in [1.29, 1.82) is 0 Å². The van der Waals surface area contributed by atoms with Gasteiger partial charge in [0.25, 0.3) is 5.56 Å². The average molecular weight is 297 g/mol. The van der Waals surface area contributed by atoms with E-state index in [1.165, 1.54) is 6.33 Å². The van der Waals surface area contributed by atoms with Gasteiger partial charge in [-0.3, -0.25) is 19.4 Å². The lowest BCUT2D eigenvalue weighted by atomic mass is 10.4. The van der Waals surface area contributed by atoms with E-state index in [0.29, 0.717) is 0 Å². The summed E-state index contributed by atoms with van der Waals surface area (Å²) in [7, 11) is 0. The Morgan fingerprint density at radius 1 is 1.45 bits per heavy atom. The highest BCUT2D eigenvalue weighted by atomic mass is 32.2. The predicted octanol–water partition coefficient (Wildman–Crippen LogP) is -0.671. The average Bonchev–Trinajstić information content (AvgIpc) is 2.84. The van der Waals surface area contributed by atoms with Gasteiger partial charge in [-0.15, -0.1) is 0 Å². The molecule has 0 aromatic carbocycles. The topological polar surface area (TPSA) is 141 Å². The lowest BCUT2D eigenvalue weighted by molar-refractivity contribution is -0.136. The van der Waals surface area contributed by atoms with Crippen molar-refractivity contribution in [1.82, 2.24) is 25.3 Å². The first-order chi connectivity index (χ1) is 9.56. The third-order valence-corrected chi connectivity index (χ3v) is 3.15. The molecule has 0 saturated carbocycles. The van der Waals surface area contributed by atoms with Gasteiger partial charge in [-0.05, 0) is 0 Å². The molecule has 20 heavy (non-hydrogen) atoms. The van der Waals surface area contributed by atoms with Crippen LogP contribution in [0.5, 0.6) is 0 Å². The van der Waals surface area contributed by atoms with Crippen LogP contribution in [0.1, 0.15) is 6.42 Å². The fourth-order valence-electron chi connectivity index (χ4n) is 1.38. The zero-order valence-corrected chi connectivity index (χ0v) is 11.0. The maximum Gasteiger partial charge on any atom is 0.305 e. The largest absolute Gasteiger partial charge is 0.481 e. The van der Waals surface area contributed by atoms with Crippen molar-refractivity contribution in [3.8, 4) is 0 Å². The molecule has 10 heteroatoms. The van der Waals surface area contributed by atoms with Crippen molar-refractivity contribution >= 4 is 34.8 Å². The van der Waals surface area contributed by atoms with E-state index in [2.05, 4.69) is 25.3 Å². The van der Waals surface area contributed by atoms with Crippen LogP contribution in [-0.2, 0) is 9.59 Å². The summed E-state index contributed by atoms with van der Waals surface area (Å²) in [6.45, 7) is 0.0665. The van der Waals surface area contributed by atoms with Gasteiger partial charge in [0.05, 0.1) is 18.5 Å². The van der Waals surface area contributed by atoms with Gasteiger partial charge in [-0.2, -0.15) is 0 Å². The van der Waals surface area contributed by atoms with Crippen LogP contribution in [-0.4, -0.2) is 49.2 Å². The number of carboxylic acid groups (broad SMARTS) is 1. The highest BCUT2D eigenvalue weighted by Gasteiger charge is 2.09. The number of carbonyl (C=O) groups is 2. The monoisotopic (exact) mass is 297 g/mol. The Bertz CT molecular complexity index is 694. The summed E-state index contributed by atoms with van der Waals surface area (Å²) >= 11 is 1.04.